The number of hydrogen-bond acceptors (Lipinski definition) is 1. The van der Waals surface area contributed by atoms with E-state index in [0.29, 0.717) is 16.5 Å². The monoisotopic (exact) mass is 343 g/mol. The summed E-state index contributed by atoms with van der Waals surface area (Å²) >= 11 is 9.32. The Morgan fingerprint density at radius 3 is 2.53 bits per heavy atom. The highest BCUT2D eigenvalue weighted by Gasteiger charge is 2.25. The smallest absolute Gasteiger partial charge is 0.253 e. The molecule has 0 unspecified atom stereocenters. The van der Waals surface area contributed by atoms with Crippen LogP contribution in [0.25, 0.3) is 0 Å². The molecule has 0 atom stereocenters. The highest BCUT2D eigenvalue weighted by atomic mass is 79.9. The zero-order valence-corrected chi connectivity index (χ0v) is 13.7. The van der Waals surface area contributed by atoms with Gasteiger partial charge in [0.2, 0.25) is 0 Å². The van der Waals surface area contributed by atoms with Crippen LogP contribution in [0, 0.1) is 11.8 Å². The van der Waals surface area contributed by atoms with Crippen LogP contribution in [0.2, 0.25) is 5.02 Å². The van der Waals surface area contributed by atoms with Gasteiger partial charge >= 0.3 is 0 Å². The van der Waals surface area contributed by atoms with Gasteiger partial charge in [-0.3, -0.25) is 4.79 Å². The zero-order chi connectivity index (χ0) is 14.0. The first-order chi connectivity index (χ1) is 8.99. The van der Waals surface area contributed by atoms with Gasteiger partial charge in [0.15, 0.2) is 0 Å². The third-order valence-electron chi connectivity index (χ3n) is 3.94. The van der Waals surface area contributed by atoms with Crippen LogP contribution in [-0.2, 0) is 0 Å². The van der Waals surface area contributed by atoms with Crippen molar-refractivity contribution in [2.75, 3.05) is 13.1 Å². The van der Waals surface area contributed by atoms with Gasteiger partial charge in [-0.1, -0.05) is 25.4 Å². The van der Waals surface area contributed by atoms with Crippen molar-refractivity contribution < 1.29 is 4.79 Å². The maximum Gasteiger partial charge on any atom is 0.253 e. The van der Waals surface area contributed by atoms with Crippen LogP contribution < -0.4 is 0 Å². The molecule has 19 heavy (non-hydrogen) atoms. The molecule has 2 nitrogen and oxygen atoms in total. The Bertz CT molecular complexity index is 467. The van der Waals surface area contributed by atoms with Crippen molar-refractivity contribution in [3.63, 3.8) is 0 Å². The fraction of sp³-hybridized carbons (Fsp3) is 0.533. The van der Waals surface area contributed by atoms with Crippen molar-refractivity contribution in [1.82, 2.24) is 4.90 Å². The molecule has 1 saturated heterocycles. The molecule has 1 amide bonds. The van der Waals surface area contributed by atoms with Gasteiger partial charge in [-0.15, -0.1) is 0 Å². The summed E-state index contributed by atoms with van der Waals surface area (Å²) in [6, 6.07) is 5.36. The zero-order valence-electron chi connectivity index (χ0n) is 11.3. The second-order valence-corrected chi connectivity index (χ2v) is 6.76. The molecule has 0 aromatic heterocycles. The van der Waals surface area contributed by atoms with E-state index in [1.54, 1.807) is 18.2 Å². The third kappa shape index (κ3) is 3.51. The summed E-state index contributed by atoms with van der Waals surface area (Å²) in [5.41, 5.74) is 0.708. The van der Waals surface area contributed by atoms with Gasteiger partial charge in [-0.2, -0.15) is 0 Å². The lowest BCUT2D eigenvalue weighted by Crippen LogP contribution is -2.39. The van der Waals surface area contributed by atoms with E-state index in [1.807, 2.05) is 4.90 Å². The molecule has 0 aliphatic carbocycles. The summed E-state index contributed by atoms with van der Waals surface area (Å²) in [5.74, 6) is 1.57. The molecular formula is C15H19BrClNO. The number of hydrogen-bond donors (Lipinski definition) is 0. The topological polar surface area (TPSA) is 20.3 Å². The normalized spacial score (nSPS) is 17.0. The third-order valence-corrected chi connectivity index (χ3v) is 5.15. The van der Waals surface area contributed by atoms with Gasteiger partial charge in [-0.05, 0) is 58.8 Å². The second-order valence-electron chi connectivity index (χ2n) is 5.50. The molecule has 1 aromatic carbocycles. The van der Waals surface area contributed by atoms with E-state index in [0.717, 1.165) is 36.3 Å². The minimum absolute atomic E-state index is 0.111. The fourth-order valence-corrected chi connectivity index (χ4v) is 3.08. The summed E-state index contributed by atoms with van der Waals surface area (Å²) < 4.78 is 0.775. The summed E-state index contributed by atoms with van der Waals surface area (Å²) in [4.78, 5) is 14.4. The standard InChI is InChI=1S/C15H19BrClNO/c1-10(2)11-5-7-18(8-6-11)15(19)12-3-4-14(17)13(16)9-12/h3-4,9-11H,5-8H2,1-2H3. The van der Waals surface area contributed by atoms with Crippen LogP contribution in [0.1, 0.15) is 37.0 Å². The van der Waals surface area contributed by atoms with E-state index in [1.165, 1.54) is 0 Å². The number of piperidine rings is 1. The Morgan fingerprint density at radius 2 is 2.00 bits per heavy atom. The van der Waals surface area contributed by atoms with E-state index < -0.39 is 0 Å². The Hall–Kier alpha value is -0.540. The predicted octanol–water partition coefficient (Wildman–Crippen LogP) is 4.61. The number of nitrogens with zero attached hydrogens (tertiary/aromatic N) is 1. The van der Waals surface area contributed by atoms with Gasteiger partial charge < -0.3 is 4.90 Å². The Labute approximate surface area is 128 Å². The van der Waals surface area contributed by atoms with Crippen molar-refractivity contribution in [2.45, 2.75) is 26.7 Å². The quantitative estimate of drug-likeness (QED) is 0.767. The Kier molecular flexibility index (Phi) is 4.91. The van der Waals surface area contributed by atoms with Crippen LogP contribution in [0.15, 0.2) is 22.7 Å². The molecule has 1 aliphatic heterocycles. The van der Waals surface area contributed by atoms with Gasteiger partial charge in [0.1, 0.15) is 0 Å². The molecule has 1 aliphatic rings. The van der Waals surface area contributed by atoms with Crippen LogP contribution in [0.4, 0.5) is 0 Å². The van der Waals surface area contributed by atoms with Crippen LogP contribution in [0.3, 0.4) is 0 Å². The maximum absolute atomic E-state index is 12.4. The van der Waals surface area contributed by atoms with E-state index >= 15 is 0 Å². The van der Waals surface area contributed by atoms with Gasteiger partial charge in [0.25, 0.3) is 5.91 Å². The van der Waals surface area contributed by atoms with E-state index in [2.05, 4.69) is 29.8 Å². The average Bonchev–Trinajstić information content (AvgIpc) is 2.41. The molecule has 1 heterocycles. The predicted molar refractivity (Wildman–Crippen MR) is 82.6 cm³/mol. The van der Waals surface area contributed by atoms with Crippen molar-refractivity contribution in [1.29, 1.82) is 0 Å². The van der Waals surface area contributed by atoms with Crippen molar-refractivity contribution in [2.24, 2.45) is 11.8 Å². The van der Waals surface area contributed by atoms with Crippen LogP contribution in [0.5, 0.6) is 0 Å². The highest BCUT2D eigenvalue weighted by molar-refractivity contribution is 9.10. The largest absolute Gasteiger partial charge is 0.339 e. The Morgan fingerprint density at radius 1 is 1.37 bits per heavy atom. The molecule has 4 heteroatoms. The molecule has 1 fully saturated rings. The molecule has 0 bridgehead atoms. The molecule has 2 rings (SSSR count). The summed E-state index contributed by atoms with van der Waals surface area (Å²) in [6.07, 6.45) is 2.22. The summed E-state index contributed by atoms with van der Waals surface area (Å²) in [7, 11) is 0. The number of amides is 1. The first-order valence-corrected chi connectivity index (χ1v) is 7.90. The lowest BCUT2D eigenvalue weighted by molar-refractivity contribution is 0.0667. The highest BCUT2D eigenvalue weighted by Crippen LogP contribution is 2.27. The summed E-state index contributed by atoms with van der Waals surface area (Å²) in [5, 5.41) is 0.634. The van der Waals surface area contributed by atoms with E-state index in [4.69, 9.17) is 11.6 Å². The van der Waals surface area contributed by atoms with Crippen LogP contribution in [-0.4, -0.2) is 23.9 Å². The number of likely N-dealkylation sites (tertiary alicyclic amines) is 1. The number of benzene rings is 1. The summed E-state index contributed by atoms with van der Waals surface area (Å²) in [6.45, 7) is 6.25. The average molecular weight is 345 g/mol. The van der Waals surface area contributed by atoms with Gasteiger partial charge in [0, 0.05) is 23.1 Å². The second kappa shape index (κ2) is 6.27. The van der Waals surface area contributed by atoms with E-state index in [9.17, 15) is 4.79 Å². The molecule has 104 valence electrons. The minimum atomic E-state index is 0.111. The maximum atomic E-state index is 12.4. The van der Waals surface area contributed by atoms with E-state index in [-0.39, 0.29) is 5.91 Å². The Balaban J connectivity index is 2.03. The fourth-order valence-electron chi connectivity index (χ4n) is 2.58. The number of carbonyl (C=O) groups is 1. The first-order valence-electron chi connectivity index (χ1n) is 6.73. The molecule has 0 spiro atoms. The number of halogens is 2. The number of rotatable bonds is 2. The number of carbonyl (C=O) groups excluding carboxylic acids is 1. The minimum Gasteiger partial charge on any atom is -0.339 e. The van der Waals surface area contributed by atoms with Gasteiger partial charge in [0.05, 0.1) is 5.02 Å². The van der Waals surface area contributed by atoms with Crippen molar-refractivity contribution >= 4 is 33.4 Å². The van der Waals surface area contributed by atoms with Gasteiger partial charge in [-0.25, -0.2) is 0 Å². The molecule has 0 saturated carbocycles. The van der Waals surface area contributed by atoms with Crippen molar-refractivity contribution in [3.05, 3.63) is 33.3 Å². The molecular weight excluding hydrogens is 326 g/mol. The SMILES string of the molecule is CC(C)C1CCN(C(=O)c2ccc(Cl)c(Br)c2)CC1. The van der Waals surface area contributed by atoms with Crippen LogP contribution >= 0.6 is 27.5 Å². The molecule has 1 aromatic rings. The molecule has 0 N–H and O–H groups in total. The first kappa shape index (κ1) is 14.9. The lowest BCUT2D eigenvalue weighted by Gasteiger charge is -2.34. The molecule has 0 radical (unpaired) electrons. The lowest BCUT2D eigenvalue weighted by atomic mass is 9.86. The van der Waals surface area contributed by atoms with Crippen molar-refractivity contribution in [3.8, 4) is 0 Å².